The fourth-order valence-corrected chi connectivity index (χ4v) is 5.07. The predicted molar refractivity (Wildman–Crippen MR) is 128 cm³/mol. The van der Waals surface area contributed by atoms with E-state index in [1.54, 1.807) is 11.8 Å². The number of hydrogen-bond donors (Lipinski definition) is 0. The maximum Gasteiger partial charge on any atom is 0.433 e. The fraction of sp³-hybridized carbons (Fsp3) is 0.538. The fourth-order valence-electron chi connectivity index (χ4n) is 5.07. The molecule has 6 nitrogen and oxygen atoms in total. The van der Waals surface area contributed by atoms with Gasteiger partial charge in [0.25, 0.3) is 0 Å². The number of pyridine rings is 1. The molecule has 4 rings (SSSR count). The number of nitrogens with zero attached hydrogens (tertiary/aromatic N) is 4. The molecule has 9 heteroatoms. The van der Waals surface area contributed by atoms with E-state index in [0.717, 1.165) is 51.6 Å². The lowest BCUT2D eigenvalue weighted by molar-refractivity contribution is -0.141. The molecule has 0 unspecified atom stereocenters. The van der Waals surface area contributed by atoms with Crippen LogP contribution in [0.3, 0.4) is 0 Å². The molecule has 190 valence electrons. The lowest BCUT2D eigenvalue weighted by atomic mass is 9.86. The van der Waals surface area contributed by atoms with Crippen molar-refractivity contribution in [2.24, 2.45) is 0 Å². The van der Waals surface area contributed by atoms with Gasteiger partial charge in [-0.25, -0.2) is 4.98 Å². The number of carbonyl (C=O) groups is 1. The second kappa shape index (κ2) is 11.1. The summed E-state index contributed by atoms with van der Waals surface area (Å²) in [7, 11) is 0. The molecule has 0 saturated carbocycles. The number of carbonyl (C=O) groups excluding carboxylic acids is 1. The summed E-state index contributed by atoms with van der Waals surface area (Å²) in [5.74, 6) is -0.125. The van der Waals surface area contributed by atoms with Crippen molar-refractivity contribution in [3.63, 3.8) is 0 Å². The third kappa shape index (κ3) is 6.20. The molecule has 1 amide bonds. The zero-order valence-electron chi connectivity index (χ0n) is 20.1. The van der Waals surface area contributed by atoms with Gasteiger partial charge in [0.05, 0.1) is 11.9 Å². The minimum atomic E-state index is -4.51. The number of ether oxygens (including phenoxy) is 1. The van der Waals surface area contributed by atoms with Crippen molar-refractivity contribution in [3.05, 3.63) is 59.9 Å². The number of benzene rings is 1. The maximum atomic E-state index is 13.0. The molecule has 0 N–H and O–H groups in total. The Morgan fingerprint density at radius 3 is 2.31 bits per heavy atom. The van der Waals surface area contributed by atoms with Gasteiger partial charge in [0.2, 0.25) is 5.91 Å². The van der Waals surface area contributed by atoms with Crippen molar-refractivity contribution >= 4 is 11.6 Å². The van der Waals surface area contributed by atoms with E-state index in [-0.39, 0.29) is 17.9 Å². The van der Waals surface area contributed by atoms with Crippen LogP contribution in [0.2, 0.25) is 0 Å². The molecular formula is C26H33F3N4O2. The summed E-state index contributed by atoms with van der Waals surface area (Å²) in [6.07, 6.45) is -1.54. The highest BCUT2D eigenvalue weighted by Gasteiger charge is 2.42. The Labute approximate surface area is 204 Å². The molecule has 0 radical (unpaired) electrons. The van der Waals surface area contributed by atoms with Crippen molar-refractivity contribution in [3.8, 4) is 0 Å². The standard InChI is InChI=1S/C26H33F3N4O2/c1-2-24(34)33(22-8-9-23(30-18-22)26(27,28)29)20-25(10-16-35-17-11-25)32-14-12-31(13-15-32)19-21-6-4-3-5-7-21/h3-9,18H,2,10-17,19-20H2,1H3. The topological polar surface area (TPSA) is 48.9 Å². The van der Waals surface area contributed by atoms with Gasteiger partial charge < -0.3 is 9.64 Å². The van der Waals surface area contributed by atoms with Crippen LogP contribution >= 0.6 is 0 Å². The minimum absolute atomic E-state index is 0.125. The van der Waals surface area contributed by atoms with E-state index >= 15 is 0 Å². The average molecular weight is 491 g/mol. The molecule has 35 heavy (non-hydrogen) atoms. The molecule has 2 saturated heterocycles. The molecule has 3 heterocycles. The number of rotatable bonds is 7. The molecule has 1 aromatic carbocycles. The van der Waals surface area contributed by atoms with E-state index in [1.807, 2.05) is 6.07 Å². The summed E-state index contributed by atoms with van der Waals surface area (Å²) in [6.45, 7) is 7.86. The van der Waals surface area contributed by atoms with E-state index in [9.17, 15) is 18.0 Å². The second-order valence-corrected chi connectivity index (χ2v) is 9.32. The molecule has 0 spiro atoms. The van der Waals surface area contributed by atoms with Gasteiger partial charge in [0.15, 0.2) is 0 Å². The van der Waals surface area contributed by atoms with Crippen molar-refractivity contribution in [1.82, 2.24) is 14.8 Å². The summed E-state index contributed by atoms with van der Waals surface area (Å²) >= 11 is 0. The van der Waals surface area contributed by atoms with Crippen LogP contribution in [0.15, 0.2) is 48.7 Å². The normalized spacial score (nSPS) is 19.4. The highest BCUT2D eigenvalue weighted by Crippen LogP contribution is 2.33. The molecule has 2 aliphatic heterocycles. The molecular weight excluding hydrogens is 457 g/mol. The Hall–Kier alpha value is -2.49. The summed E-state index contributed by atoms with van der Waals surface area (Å²) in [6, 6.07) is 12.7. The van der Waals surface area contributed by atoms with Crippen LogP contribution in [0.5, 0.6) is 0 Å². The number of halogens is 3. The lowest BCUT2D eigenvalue weighted by Crippen LogP contribution is -2.63. The highest BCUT2D eigenvalue weighted by molar-refractivity contribution is 5.93. The van der Waals surface area contributed by atoms with Gasteiger partial charge in [-0.1, -0.05) is 37.3 Å². The van der Waals surface area contributed by atoms with Crippen molar-refractivity contribution in [1.29, 1.82) is 0 Å². The van der Waals surface area contributed by atoms with Gasteiger partial charge in [-0.3, -0.25) is 14.6 Å². The number of aromatic nitrogens is 1. The first-order valence-corrected chi connectivity index (χ1v) is 12.2. The quantitative estimate of drug-likeness (QED) is 0.582. The van der Waals surface area contributed by atoms with Crippen LogP contribution in [0.4, 0.5) is 18.9 Å². The smallest absolute Gasteiger partial charge is 0.381 e. The van der Waals surface area contributed by atoms with Crippen LogP contribution in [0.1, 0.15) is 37.4 Å². The molecule has 0 bridgehead atoms. The van der Waals surface area contributed by atoms with Crippen LogP contribution in [-0.4, -0.2) is 72.2 Å². The molecule has 0 atom stereocenters. The third-order valence-electron chi connectivity index (χ3n) is 7.12. The van der Waals surface area contributed by atoms with Crippen molar-refractivity contribution in [2.45, 2.75) is 44.4 Å². The third-order valence-corrected chi connectivity index (χ3v) is 7.12. The Morgan fingerprint density at radius 2 is 1.74 bits per heavy atom. The average Bonchev–Trinajstić information content (AvgIpc) is 2.88. The van der Waals surface area contributed by atoms with Gasteiger partial charge in [0.1, 0.15) is 5.69 Å². The highest BCUT2D eigenvalue weighted by atomic mass is 19.4. The molecule has 2 fully saturated rings. The van der Waals surface area contributed by atoms with Gasteiger partial charge in [-0.05, 0) is 30.5 Å². The molecule has 2 aliphatic rings. The van der Waals surface area contributed by atoms with Gasteiger partial charge >= 0.3 is 6.18 Å². The molecule has 0 aliphatic carbocycles. The lowest BCUT2D eigenvalue weighted by Gasteiger charge is -2.51. The number of piperazine rings is 1. The zero-order valence-corrected chi connectivity index (χ0v) is 20.1. The SMILES string of the molecule is CCC(=O)N(CC1(N2CCN(Cc3ccccc3)CC2)CCOCC1)c1ccc(C(F)(F)F)nc1. The van der Waals surface area contributed by atoms with E-state index in [0.29, 0.717) is 25.4 Å². The Morgan fingerprint density at radius 1 is 1.06 bits per heavy atom. The van der Waals surface area contributed by atoms with Crippen molar-refractivity contribution in [2.75, 3.05) is 50.8 Å². The molecule has 2 aromatic rings. The number of alkyl halides is 3. The van der Waals surface area contributed by atoms with Crippen LogP contribution in [-0.2, 0) is 22.3 Å². The van der Waals surface area contributed by atoms with E-state index in [4.69, 9.17) is 4.74 Å². The number of anilines is 1. The Balaban J connectivity index is 1.51. The summed E-state index contributed by atoms with van der Waals surface area (Å²) in [5, 5.41) is 0. The molecule has 1 aromatic heterocycles. The Bertz CT molecular complexity index is 955. The van der Waals surface area contributed by atoms with E-state index in [2.05, 4.69) is 39.0 Å². The van der Waals surface area contributed by atoms with Gasteiger partial charge in [0, 0.05) is 64.4 Å². The first kappa shape index (κ1) is 25.6. The van der Waals surface area contributed by atoms with Crippen LogP contribution in [0, 0.1) is 0 Å². The first-order valence-electron chi connectivity index (χ1n) is 12.2. The summed E-state index contributed by atoms with van der Waals surface area (Å²) in [5.41, 5.74) is 0.445. The summed E-state index contributed by atoms with van der Waals surface area (Å²) in [4.78, 5) is 23.1. The van der Waals surface area contributed by atoms with Crippen molar-refractivity contribution < 1.29 is 22.7 Å². The first-order chi connectivity index (χ1) is 16.8. The van der Waals surface area contributed by atoms with Gasteiger partial charge in [-0.2, -0.15) is 13.2 Å². The Kier molecular flexibility index (Phi) is 8.09. The summed E-state index contributed by atoms with van der Waals surface area (Å²) < 4.78 is 44.7. The maximum absolute atomic E-state index is 13.0. The number of amides is 1. The van der Waals surface area contributed by atoms with Crippen LogP contribution in [0.25, 0.3) is 0 Å². The van der Waals surface area contributed by atoms with Crippen LogP contribution < -0.4 is 4.90 Å². The monoisotopic (exact) mass is 490 g/mol. The van der Waals surface area contributed by atoms with Gasteiger partial charge in [-0.15, -0.1) is 0 Å². The zero-order chi connectivity index (χ0) is 24.9. The predicted octanol–water partition coefficient (Wildman–Crippen LogP) is 4.21. The largest absolute Gasteiger partial charge is 0.433 e. The minimum Gasteiger partial charge on any atom is -0.381 e. The second-order valence-electron chi connectivity index (χ2n) is 9.32. The number of hydrogen-bond acceptors (Lipinski definition) is 5. The van der Waals surface area contributed by atoms with E-state index in [1.165, 1.54) is 17.8 Å². The van der Waals surface area contributed by atoms with E-state index < -0.39 is 11.9 Å².